The van der Waals surface area contributed by atoms with Crippen LogP contribution in [0.25, 0.3) is 0 Å². The van der Waals surface area contributed by atoms with E-state index in [2.05, 4.69) is 12.2 Å². The minimum absolute atomic E-state index is 0.105. The Morgan fingerprint density at radius 2 is 1.81 bits per heavy atom. The monoisotopic (exact) mass is 305 g/mol. The molecule has 5 heteroatoms. The van der Waals surface area contributed by atoms with Crippen molar-refractivity contribution < 1.29 is 14.2 Å². The number of hydrogen-bond acceptors (Lipinski definition) is 4. The Morgan fingerprint density at radius 1 is 1.14 bits per heavy atom. The summed E-state index contributed by atoms with van der Waals surface area (Å²) < 4.78 is 15.8. The molecule has 2 aromatic carbocycles. The molecule has 1 atom stereocenters. The van der Waals surface area contributed by atoms with E-state index in [0.717, 1.165) is 17.0 Å². The van der Waals surface area contributed by atoms with Gasteiger partial charge < -0.3 is 19.5 Å². The highest BCUT2D eigenvalue weighted by Gasteiger charge is 2.17. The predicted molar refractivity (Wildman–Crippen MR) is 82.6 cm³/mol. The highest BCUT2D eigenvalue weighted by molar-refractivity contribution is 6.33. The van der Waals surface area contributed by atoms with Crippen molar-refractivity contribution >= 4 is 17.3 Å². The largest absolute Gasteiger partial charge is 0.497 e. The highest BCUT2D eigenvalue weighted by atomic mass is 35.5. The van der Waals surface area contributed by atoms with Crippen LogP contribution in [-0.4, -0.2) is 13.9 Å². The van der Waals surface area contributed by atoms with E-state index in [1.807, 2.05) is 30.3 Å². The topological polar surface area (TPSA) is 39.7 Å². The smallest absolute Gasteiger partial charge is 0.231 e. The fourth-order valence-electron chi connectivity index (χ4n) is 2.24. The Hall–Kier alpha value is -2.07. The Labute approximate surface area is 128 Å². The summed E-state index contributed by atoms with van der Waals surface area (Å²) in [5.74, 6) is 2.23. The Bertz CT molecular complexity index is 643. The summed E-state index contributed by atoms with van der Waals surface area (Å²) in [5, 5.41) is 4.00. The van der Waals surface area contributed by atoms with Gasteiger partial charge in [0.05, 0.1) is 17.8 Å². The normalized spacial score (nSPS) is 13.9. The molecule has 0 spiro atoms. The number of fused-ring (bicyclic) bond motifs is 1. The molecule has 3 rings (SSSR count). The van der Waals surface area contributed by atoms with Crippen LogP contribution in [0.4, 0.5) is 5.69 Å². The van der Waals surface area contributed by atoms with Gasteiger partial charge in [0.1, 0.15) is 5.75 Å². The van der Waals surface area contributed by atoms with Crippen molar-refractivity contribution in [3.8, 4) is 17.2 Å². The van der Waals surface area contributed by atoms with E-state index in [4.69, 9.17) is 25.8 Å². The molecule has 0 radical (unpaired) electrons. The van der Waals surface area contributed by atoms with Crippen molar-refractivity contribution in [1.82, 2.24) is 0 Å². The lowest BCUT2D eigenvalue weighted by molar-refractivity contribution is 0.174. The van der Waals surface area contributed by atoms with E-state index >= 15 is 0 Å². The van der Waals surface area contributed by atoms with Gasteiger partial charge in [0, 0.05) is 18.2 Å². The number of halogens is 1. The molecule has 1 aliphatic heterocycles. The maximum Gasteiger partial charge on any atom is 0.231 e. The van der Waals surface area contributed by atoms with E-state index in [1.54, 1.807) is 13.2 Å². The lowest BCUT2D eigenvalue weighted by Crippen LogP contribution is -2.07. The van der Waals surface area contributed by atoms with E-state index < -0.39 is 0 Å². The molecule has 0 aliphatic carbocycles. The summed E-state index contributed by atoms with van der Waals surface area (Å²) in [6.07, 6.45) is 0. The molecule has 1 heterocycles. The number of methoxy groups -OCH3 is 1. The number of hydrogen-bond donors (Lipinski definition) is 1. The van der Waals surface area contributed by atoms with Gasteiger partial charge in [0.25, 0.3) is 0 Å². The summed E-state index contributed by atoms with van der Waals surface area (Å²) in [7, 11) is 1.66. The minimum atomic E-state index is 0.105. The van der Waals surface area contributed by atoms with Gasteiger partial charge in [-0.3, -0.25) is 0 Å². The third-order valence-electron chi connectivity index (χ3n) is 3.45. The first-order valence-electron chi connectivity index (χ1n) is 6.67. The van der Waals surface area contributed by atoms with E-state index in [-0.39, 0.29) is 12.8 Å². The van der Waals surface area contributed by atoms with Crippen LogP contribution in [-0.2, 0) is 0 Å². The van der Waals surface area contributed by atoms with Crippen molar-refractivity contribution in [2.24, 2.45) is 0 Å². The lowest BCUT2D eigenvalue weighted by atomic mass is 10.1. The number of ether oxygens (including phenoxy) is 3. The number of anilines is 1. The summed E-state index contributed by atoms with van der Waals surface area (Å²) >= 11 is 6.27. The maximum atomic E-state index is 6.27. The Balaban J connectivity index is 1.79. The molecule has 110 valence electrons. The minimum Gasteiger partial charge on any atom is -0.497 e. The number of rotatable bonds is 4. The molecule has 0 saturated carbocycles. The van der Waals surface area contributed by atoms with Crippen LogP contribution >= 0.6 is 11.6 Å². The third-order valence-corrected chi connectivity index (χ3v) is 3.76. The van der Waals surface area contributed by atoms with Gasteiger partial charge in [-0.2, -0.15) is 0 Å². The van der Waals surface area contributed by atoms with Crippen molar-refractivity contribution in [1.29, 1.82) is 0 Å². The second-order valence-electron chi connectivity index (χ2n) is 4.82. The predicted octanol–water partition coefficient (Wildman–Crippen LogP) is 4.25. The summed E-state index contributed by atoms with van der Waals surface area (Å²) in [4.78, 5) is 0. The van der Waals surface area contributed by atoms with Crippen molar-refractivity contribution in [2.45, 2.75) is 13.0 Å². The van der Waals surface area contributed by atoms with Gasteiger partial charge >= 0.3 is 0 Å². The first-order chi connectivity index (χ1) is 10.2. The molecule has 0 saturated heterocycles. The number of nitrogens with one attached hydrogen (secondary N) is 1. The van der Waals surface area contributed by atoms with Crippen LogP contribution in [0.3, 0.4) is 0 Å². The van der Waals surface area contributed by atoms with Gasteiger partial charge in [0.2, 0.25) is 6.79 Å². The SMILES string of the molecule is COc1ccc(C(C)Nc2cc3c(cc2Cl)OCO3)cc1. The first-order valence-corrected chi connectivity index (χ1v) is 7.05. The molecule has 0 bridgehead atoms. The Morgan fingerprint density at radius 3 is 2.48 bits per heavy atom. The third kappa shape index (κ3) is 2.85. The zero-order chi connectivity index (χ0) is 14.8. The van der Waals surface area contributed by atoms with Crippen molar-refractivity contribution in [2.75, 3.05) is 19.2 Å². The summed E-state index contributed by atoms with van der Waals surface area (Å²) in [6, 6.07) is 11.7. The van der Waals surface area contributed by atoms with Gasteiger partial charge in [-0.15, -0.1) is 0 Å². The molecule has 1 N–H and O–H groups in total. The quantitative estimate of drug-likeness (QED) is 0.916. The average Bonchev–Trinajstić information content (AvgIpc) is 2.94. The van der Waals surface area contributed by atoms with Crippen molar-refractivity contribution in [3.63, 3.8) is 0 Å². The zero-order valence-electron chi connectivity index (χ0n) is 11.9. The molecule has 4 nitrogen and oxygen atoms in total. The maximum absolute atomic E-state index is 6.27. The number of benzene rings is 2. The molecule has 21 heavy (non-hydrogen) atoms. The Kier molecular flexibility index (Phi) is 3.80. The van der Waals surface area contributed by atoms with Crippen LogP contribution in [0.1, 0.15) is 18.5 Å². The standard InChI is InChI=1S/C16H16ClNO3/c1-10(11-3-5-12(19-2)6-4-11)18-14-8-16-15(7-13(14)17)20-9-21-16/h3-8,10,18H,9H2,1-2H3. The summed E-state index contributed by atoms with van der Waals surface area (Å²) in [5.41, 5.74) is 1.97. The second-order valence-corrected chi connectivity index (χ2v) is 5.23. The molecule has 1 unspecified atom stereocenters. The van der Waals surface area contributed by atoms with Crippen LogP contribution in [0.15, 0.2) is 36.4 Å². The molecular formula is C16H16ClNO3. The van der Waals surface area contributed by atoms with Gasteiger partial charge in [-0.1, -0.05) is 23.7 Å². The van der Waals surface area contributed by atoms with E-state index in [0.29, 0.717) is 16.5 Å². The molecule has 2 aromatic rings. The average molecular weight is 306 g/mol. The van der Waals surface area contributed by atoms with Crippen LogP contribution in [0.2, 0.25) is 5.02 Å². The van der Waals surface area contributed by atoms with Crippen molar-refractivity contribution in [3.05, 3.63) is 47.0 Å². The van der Waals surface area contributed by atoms with Gasteiger partial charge in [0.15, 0.2) is 11.5 Å². The zero-order valence-corrected chi connectivity index (χ0v) is 12.6. The highest BCUT2D eigenvalue weighted by Crippen LogP contribution is 2.40. The van der Waals surface area contributed by atoms with Crippen LogP contribution < -0.4 is 19.5 Å². The molecular weight excluding hydrogens is 290 g/mol. The van der Waals surface area contributed by atoms with Crippen LogP contribution in [0.5, 0.6) is 17.2 Å². The van der Waals surface area contributed by atoms with Crippen LogP contribution in [0, 0.1) is 0 Å². The molecule has 1 aliphatic rings. The molecule has 0 fully saturated rings. The molecule has 0 amide bonds. The van der Waals surface area contributed by atoms with Gasteiger partial charge in [-0.25, -0.2) is 0 Å². The van der Waals surface area contributed by atoms with E-state index in [1.165, 1.54) is 0 Å². The first kappa shape index (κ1) is 13.9. The lowest BCUT2D eigenvalue weighted by Gasteiger charge is -2.17. The van der Waals surface area contributed by atoms with Gasteiger partial charge in [-0.05, 0) is 24.6 Å². The van der Waals surface area contributed by atoms with E-state index in [9.17, 15) is 0 Å². The fraction of sp³-hybridized carbons (Fsp3) is 0.250. The second kappa shape index (κ2) is 5.74. The summed E-state index contributed by atoms with van der Waals surface area (Å²) in [6.45, 7) is 2.31. The fourth-order valence-corrected chi connectivity index (χ4v) is 2.45. The molecule has 0 aromatic heterocycles.